The van der Waals surface area contributed by atoms with Crippen LogP contribution < -0.4 is 4.74 Å². The zero-order valence-corrected chi connectivity index (χ0v) is 18.9. The van der Waals surface area contributed by atoms with Gasteiger partial charge in [0.25, 0.3) is 0 Å². The lowest BCUT2D eigenvalue weighted by atomic mass is 9.82. The fourth-order valence-electron chi connectivity index (χ4n) is 5.70. The van der Waals surface area contributed by atoms with Gasteiger partial charge in [-0.2, -0.15) is 0 Å². The zero-order valence-electron chi connectivity index (χ0n) is 18.9. The first kappa shape index (κ1) is 19.1. The van der Waals surface area contributed by atoms with Crippen LogP contribution in [0, 0.1) is 0 Å². The second-order valence-electron chi connectivity index (χ2n) is 8.85. The second kappa shape index (κ2) is 7.33. The van der Waals surface area contributed by atoms with E-state index in [1.54, 1.807) is 7.11 Å². The summed E-state index contributed by atoms with van der Waals surface area (Å²) >= 11 is 0. The Morgan fingerprint density at radius 2 is 1.03 bits per heavy atom. The van der Waals surface area contributed by atoms with Crippen molar-refractivity contribution in [1.29, 1.82) is 0 Å². The Morgan fingerprint density at radius 3 is 1.59 bits per heavy atom. The van der Waals surface area contributed by atoms with Gasteiger partial charge in [0.1, 0.15) is 5.75 Å². The summed E-state index contributed by atoms with van der Waals surface area (Å²) in [6.45, 7) is 0. The third kappa shape index (κ3) is 2.61. The molecule has 0 radical (unpaired) electrons. The quantitative estimate of drug-likeness (QED) is 0.270. The lowest BCUT2D eigenvalue weighted by Gasteiger charge is -2.21. The molecule has 1 aliphatic rings. The van der Waals surface area contributed by atoms with Gasteiger partial charge in [-0.25, -0.2) is 0 Å². The highest BCUT2D eigenvalue weighted by Gasteiger charge is 2.30. The van der Waals surface area contributed by atoms with Crippen molar-refractivity contribution >= 4 is 21.5 Å². The minimum Gasteiger partial charge on any atom is -0.497 e. The Bertz CT molecular complexity index is 1710. The number of hydrogen-bond acceptors (Lipinski definition) is 1. The van der Waals surface area contributed by atoms with E-state index in [0.717, 1.165) is 5.75 Å². The molecule has 0 saturated heterocycles. The minimum atomic E-state index is 0.873. The summed E-state index contributed by atoms with van der Waals surface area (Å²) in [6.07, 6.45) is 0. The monoisotopic (exact) mass is 434 g/mol. The molecular weight excluding hydrogens is 412 g/mol. The van der Waals surface area contributed by atoms with Crippen molar-refractivity contribution in [3.05, 3.63) is 115 Å². The standard InChI is InChI=1S/C33H22O/c1-34-24-18-19-25-28(20-24)31(23-12-6-3-7-13-23)33-27-17-9-15-21-14-8-16-26(29(21)27)32(33)30(25)22-10-4-2-5-11-22/h2-20H,1H3. The molecule has 0 heterocycles. The summed E-state index contributed by atoms with van der Waals surface area (Å²) in [4.78, 5) is 0. The molecule has 0 atom stereocenters. The van der Waals surface area contributed by atoms with Gasteiger partial charge in [-0.1, -0.05) is 103 Å². The number of benzene rings is 6. The van der Waals surface area contributed by atoms with E-state index in [-0.39, 0.29) is 0 Å². The highest BCUT2D eigenvalue weighted by atomic mass is 16.5. The van der Waals surface area contributed by atoms with Crippen molar-refractivity contribution in [3.8, 4) is 50.3 Å². The van der Waals surface area contributed by atoms with Gasteiger partial charge in [-0.05, 0) is 78.2 Å². The Kier molecular flexibility index (Phi) is 4.13. The highest BCUT2D eigenvalue weighted by molar-refractivity contribution is 6.27. The molecule has 7 rings (SSSR count). The second-order valence-corrected chi connectivity index (χ2v) is 8.85. The van der Waals surface area contributed by atoms with Crippen LogP contribution in [0.1, 0.15) is 0 Å². The average molecular weight is 435 g/mol. The Labute approximate surface area is 198 Å². The predicted molar refractivity (Wildman–Crippen MR) is 143 cm³/mol. The molecule has 0 spiro atoms. The van der Waals surface area contributed by atoms with Gasteiger partial charge in [0.15, 0.2) is 0 Å². The van der Waals surface area contributed by atoms with Gasteiger partial charge >= 0.3 is 0 Å². The van der Waals surface area contributed by atoms with Crippen molar-refractivity contribution in [2.75, 3.05) is 7.11 Å². The first-order valence-electron chi connectivity index (χ1n) is 11.7. The first-order valence-corrected chi connectivity index (χ1v) is 11.7. The van der Waals surface area contributed by atoms with Crippen molar-refractivity contribution in [3.63, 3.8) is 0 Å². The summed E-state index contributed by atoms with van der Waals surface area (Å²) in [5.74, 6) is 0.873. The van der Waals surface area contributed by atoms with E-state index < -0.39 is 0 Å². The van der Waals surface area contributed by atoms with Gasteiger partial charge in [-0.3, -0.25) is 0 Å². The molecule has 0 unspecified atom stereocenters. The fraction of sp³-hybridized carbons (Fsp3) is 0.0303. The molecule has 0 aromatic heterocycles. The molecule has 6 aromatic rings. The van der Waals surface area contributed by atoms with Crippen molar-refractivity contribution < 1.29 is 4.74 Å². The molecule has 34 heavy (non-hydrogen) atoms. The summed E-state index contributed by atoms with van der Waals surface area (Å²) in [6, 6.07) is 41.5. The third-order valence-electron chi connectivity index (χ3n) is 7.08. The van der Waals surface area contributed by atoms with Gasteiger partial charge < -0.3 is 4.74 Å². The van der Waals surface area contributed by atoms with Gasteiger partial charge in [0.2, 0.25) is 0 Å². The van der Waals surface area contributed by atoms with E-state index in [1.165, 1.54) is 66.1 Å². The Balaban J connectivity index is 1.77. The first-order chi connectivity index (χ1) is 16.8. The highest BCUT2D eigenvalue weighted by Crippen LogP contribution is 2.57. The largest absolute Gasteiger partial charge is 0.497 e. The summed E-state index contributed by atoms with van der Waals surface area (Å²) in [5, 5.41) is 5.09. The van der Waals surface area contributed by atoms with E-state index >= 15 is 0 Å². The molecule has 1 aliphatic carbocycles. The van der Waals surface area contributed by atoms with Crippen LogP contribution in [0.25, 0.3) is 66.1 Å². The van der Waals surface area contributed by atoms with Crippen molar-refractivity contribution in [2.45, 2.75) is 0 Å². The van der Waals surface area contributed by atoms with Crippen LogP contribution in [0.15, 0.2) is 115 Å². The molecule has 0 amide bonds. The molecule has 1 heteroatoms. The normalized spacial score (nSPS) is 11.7. The van der Waals surface area contributed by atoms with Crippen LogP contribution in [-0.2, 0) is 0 Å². The van der Waals surface area contributed by atoms with E-state index in [1.807, 2.05) is 0 Å². The molecule has 6 aromatic carbocycles. The number of methoxy groups -OCH3 is 1. The van der Waals surface area contributed by atoms with Crippen LogP contribution >= 0.6 is 0 Å². The fourth-order valence-corrected chi connectivity index (χ4v) is 5.70. The molecule has 0 bridgehead atoms. The number of ether oxygens (including phenoxy) is 1. The van der Waals surface area contributed by atoms with E-state index in [2.05, 4.69) is 115 Å². The molecule has 0 aliphatic heterocycles. The maximum Gasteiger partial charge on any atom is 0.119 e. The lowest BCUT2D eigenvalue weighted by Crippen LogP contribution is -1.94. The van der Waals surface area contributed by atoms with Crippen molar-refractivity contribution in [2.24, 2.45) is 0 Å². The molecule has 160 valence electrons. The molecule has 0 saturated carbocycles. The minimum absolute atomic E-state index is 0.873. The molecular formula is C33H22O. The van der Waals surface area contributed by atoms with Gasteiger partial charge in [0.05, 0.1) is 7.11 Å². The molecule has 0 N–H and O–H groups in total. The maximum atomic E-state index is 5.70. The van der Waals surface area contributed by atoms with Crippen LogP contribution in [0.2, 0.25) is 0 Å². The van der Waals surface area contributed by atoms with Crippen LogP contribution in [-0.4, -0.2) is 7.11 Å². The van der Waals surface area contributed by atoms with Crippen LogP contribution in [0.4, 0.5) is 0 Å². The summed E-state index contributed by atoms with van der Waals surface area (Å²) in [5.41, 5.74) is 10.3. The number of rotatable bonds is 3. The Morgan fingerprint density at radius 1 is 0.471 bits per heavy atom. The van der Waals surface area contributed by atoms with Crippen LogP contribution in [0.5, 0.6) is 5.75 Å². The number of fused-ring (bicyclic) bond motifs is 4. The summed E-state index contributed by atoms with van der Waals surface area (Å²) < 4.78 is 5.70. The number of hydrogen-bond donors (Lipinski definition) is 0. The van der Waals surface area contributed by atoms with Crippen LogP contribution in [0.3, 0.4) is 0 Å². The molecule has 1 nitrogen and oxygen atoms in total. The van der Waals surface area contributed by atoms with E-state index in [4.69, 9.17) is 4.74 Å². The third-order valence-corrected chi connectivity index (χ3v) is 7.08. The topological polar surface area (TPSA) is 9.23 Å². The van der Waals surface area contributed by atoms with Gasteiger partial charge in [0, 0.05) is 0 Å². The summed E-state index contributed by atoms with van der Waals surface area (Å²) in [7, 11) is 1.74. The SMILES string of the molecule is COc1ccc2c(-c3ccccc3)c3c(c(-c4ccccc4)c2c1)-c1cccc2cccc-3c12. The average Bonchev–Trinajstić information content (AvgIpc) is 3.23. The van der Waals surface area contributed by atoms with Gasteiger partial charge in [-0.15, -0.1) is 0 Å². The predicted octanol–water partition coefficient (Wildman–Crippen LogP) is 8.98. The maximum absolute atomic E-state index is 5.70. The smallest absolute Gasteiger partial charge is 0.119 e. The molecule has 0 fully saturated rings. The zero-order chi connectivity index (χ0) is 22.6. The Hall–Kier alpha value is -4.36. The lowest BCUT2D eigenvalue weighted by molar-refractivity contribution is 0.415. The van der Waals surface area contributed by atoms with Crippen molar-refractivity contribution in [1.82, 2.24) is 0 Å². The van der Waals surface area contributed by atoms with E-state index in [0.29, 0.717) is 0 Å². The van der Waals surface area contributed by atoms with E-state index in [9.17, 15) is 0 Å².